The van der Waals surface area contributed by atoms with E-state index in [1.165, 1.54) is 11.0 Å². The van der Waals surface area contributed by atoms with E-state index in [1.54, 1.807) is 18.2 Å². The van der Waals surface area contributed by atoms with Gasteiger partial charge in [0, 0.05) is 13.2 Å². The molecule has 0 aliphatic heterocycles. The molecule has 5 heteroatoms. The molecule has 0 saturated heterocycles. The fourth-order valence-electron chi connectivity index (χ4n) is 1.84. The minimum atomic E-state index is -0.396. The molecule has 4 nitrogen and oxygen atoms in total. The van der Waals surface area contributed by atoms with Crippen molar-refractivity contribution in [1.29, 1.82) is 0 Å². The molecule has 1 aromatic rings. The summed E-state index contributed by atoms with van der Waals surface area (Å²) in [6.07, 6.45) is 1.80. The number of nitrogens with zero attached hydrogens (tertiary/aromatic N) is 1. The predicted molar refractivity (Wildman–Crippen MR) is 78.2 cm³/mol. The molecule has 2 N–H and O–H groups in total. The first-order valence-electron chi connectivity index (χ1n) is 7.03. The van der Waals surface area contributed by atoms with E-state index in [4.69, 9.17) is 10.5 Å². The third-order valence-electron chi connectivity index (χ3n) is 2.84. The van der Waals surface area contributed by atoms with Crippen LogP contribution < -0.4 is 10.6 Å². The van der Waals surface area contributed by atoms with Crippen molar-refractivity contribution in [1.82, 2.24) is 0 Å². The number of halogens is 1. The molecular weight excluding hydrogens is 259 g/mol. The topological polar surface area (TPSA) is 55.6 Å². The molecule has 0 aliphatic carbocycles. The maximum absolute atomic E-state index is 13.8. The third-order valence-corrected chi connectivity index (χ3v) is 2.84. The monoisotopic (exact) mass is 282 g/mol. The van der Waals surface area contributed by atoms with E-state index in [-0.39, 0.29) is 12.3 Å². The van der Waals surface area contributed by atoms with Crippen molar-refractivity contribution in [3.63, 3.8) is 0 Å². The molecule has 1 rings (SSSR count). The molecule has 0 aliphatic rings. The molecule has 0 saturated carbocycles. The Morgan fingerprint density at radius 2 is 2.10 bits per heavy atom. The minimum Gasteiger partial charge on any atom is -0.381 e. The number of nitrogens with two attached hydrogens (primary N) is 1. The highest BCUT2D eigenvalue weighted by atomic mass is 19.1. The summed E-state index contributed by atoms with van der Waals surface area (Å²) in [5, 5.41) is 0. The molecule has 1 aromatic carbocycles. The Kier molecular flexibility index (Phi) is 7.84. The van der Waals surface area contributed by atoms with Crippen LogP contribution in [-0.4, -0.2) is 32.2 Å². The number of benzene rings is 1. The van der Waals surface area contributed by atoms with Crippen molar-refractivity contribution >= 4 is 11.6 Å². The summed E-state index contributed by atoms with van der Waals surface area (Å²) < 4.78 is 19.1. The fraction of sp³-hybridized carbons (Fsp3) is 0.533. The average Bonchev–Trinajstić information content (AvgIpc) is 2.46. The average molecular weight is 282 g/mol. The van der Waals surface area contributed by atoms with Gasteiger partial charge in [-0.25, -0.2) is 4.39 Å². The molecule has 0 spiro atoms. The van der Waals surface area contributed by atoms with Gasteiger partial charge in [0.15, 0.2) is 0 Å². The molecular formula is C15H23FN2O2. The van der Waals surface area contributed by atoms with Gasteiger partial charge in [0.05, 0.1) is 18.7 Å². The maximum atomic E-state index is 13.8. The van der Waals surface area contributed by atoms with Gasteiger partial charge in [-0.15, -0.1) is 0 Å². The first kappa shape index (κ1) is 16.6. The van der Waals surface area contributed by atoms with Crippen molar-refractivity contribution in [2.24, 2.45) is 5.73 Å². The van der Waals surface area contributed by atoms with Crippen molar-refractivity contribution in [2.75, 3.05) is 31.2 Å². The molecule has 20 heavy (non-hydrogen) atoms. The van der Waals surface area contributed by atoms with E-state index >= 15 is 0 Å². The number of ether oxygens (including phenoxy) is 1. The van der Waals surface area contributed by atoms with Crippen LogP contribution in [0.2, 0.25) is 0 Å². The number of amides is 1. The van der Waals surface area contributed by atoms with Gasteiger partial charge in [-0.2, -0.15) is 0 Å². The van der Waals surface area contributed by atoms with Gasteiger partial charge in [0.1, 0.15) is 5.82 Å². The summed E-state index contributed by atoms with van der Waals surface area (Å²) in [5.41, 5.74) is 5.78. The molecule has 0 aromatic heterocycles. The molecule has 0 radical (unpaired) electrons. The van der Waals surface area contributed by atoms with Gasteiger partial charge in [-0.05, 0) is 31.5 Å². The molecule has 0 bridgehead atoms. The lowest BCUT2D eigenvalue weighted by atomic mass is 10.2. The smallest absolute Gasteiger partial charge is 0.229 e. The number of rotatable bonds is 9. The van der Waals surface area contributed by atoms with E-state index < -0.39 is 5.82 Å². The highest BCUT2D eigenvalue weighted by Gasteiger charge is 2.17. The zero-order valence-corrected chi connectivity index (χ0v) is 12.0. The van der Waals surface area contributed by atoms with Crippen LogP contribution >= 0.6 is 0 Å². The zero-order chi connectivity index (χ0) is 14.8. The lowest BCUT2D eigenvalue weighted by Crippen LogP contribution is -2.34. The molecule has 0 heterocycles. The standard InChI is InChI=1S/C15H23FN2O2/c1-2-11-20-12-8-15(19)18(10-5-9-17)14-7-4-3-6-13(14)16/h3-4,6-7H,2,5,8-12,17H2,1H3. The lowest BCUT2D eigenvalue weighted by Gasteiger charge is -2.23. The molecule has 0 atom stereocenters. The van der Waals surface area contributed by atoms with Gasteiger partial charge >= 0.3 is 0 Å². The summed E-state index contributed by atoms with van der Waals surface area (Å²) in [7, 11) is 0. The summed E-state index contributed by atoms with van der Waals surface area (Å²) in [5.74, 6) is -0.535. The van der Waals surface area contributed by atoms with Gasteiger partial charge in [-0.3, -0.25) is 4.79 Å². The van der Waals surface area contributed by atoms with Crippen molar-refractivity contribution in [2.45, 2.75) is 26.2 Å². The van der Waals surface area contributed by atoms with Crippen molar-refractivity contribution < 1.29 is 13.9 Å². The van der Waals surface area contributed by atoms with E-state index in [2.05, 4.69) is 0 Å². The second-order valence-electron chi connectivity index (χ2n) is 4.50. The second-order valence-corrected chi connectivity index (χ2v) is 4.50. The molecule has 1 amide bonds. The number of carbonyl (C=O) groups is 1. The van der Waals surface area contributed by atoms with Crippen LogP contribution in [0.3, 0.4) is 0 Å². The lowest BCUT2D eigenvalue weighted by molar-refractivity contribution is -0.119. The van der Waals surface area contributed by atoms with E-state index in [1.807, 2.05) is 6.92 Å². The number of anilines is 1. The van der Waals surface area contributed by atoms with Gasteiger partial charge < -0.3 is 15.4 Å². The number of hydrogen-bond donors (Lipinski definition) is 1. The van der Waals surface area contributed by atoms with Crippen LogP contribution in [-0.2, 0) is 9.53 Å². The summed E-state index contributed by atoms with van der Waals surface area (Å²) >= 11 is 0. The second kappa shape index (κ2) is 9.44. The normalized spacial score (nSPS) is 10.6. The van der Waals surface area contributed by atoms with E-state index in [0.29, 0.717) is 38.4 Å². The first-order chi connectivity index (χ1) is 9.70. The SMILES string of the molecule is CCCOCCC(=O)N(CCCN)c1ccccc1F. The highest BCUT2D eigenvalue weighted by molar-refractivity contribution is 5.93. The largest absolute Gasteiger partial charge is 0.381 e. The molecule has 0 unspecified atom stereocenters. The predicted octanol–water partition coefficient (Wildman–Crippen LogP) is 2.32. The fourth-order valence-corrected chi connectivity index (χ4v) is 1.84. The van der Waals surface area contributed by atoms with Crippen LogP contribution in [0.25, 0.3) is 0 Å². The highest BCUT2D eigenvalue weighted by Crippen LogP contribution is 2.19. The van der Waals surface area contributed by atoms with E-state index in [9.17, 15) is 9.18 Å². The van der Waals surface area contributed by atoms with Crippen molar-refractivity contribution in [3.8, 4) is 0 Å². The maximum Gasteiger partial charge on any atom is 0.229 e. The molecule has 0 fully saturated rings. The summed E-state index contributed by atoms with van der Waals surface area (Å²) in [6, 6.07) is 6.28. The number of hydrogen-bond acceptors (Lipinski definition) is 3. The Balaban J connectivity index is 2.68. The molecule has 112 valence electrons. The van der Waals surface area contributed by atoms with Crippen LogP contribution in [0.4, 0.5) is 10.1 Å². The van der Waals surface area contributed by atoms with Gasteiger partial charge in [0.2, 0.25) is 5.91 Å². The Bertz CT molecular complexity index is 413. The Morgan fingerprint density at radius 3 is 2.75 bits per heavy atom. The zero-order valence-electron chi connectivity index (χ0n) is 12.0. The number of para-hydroxylation sites is 1. The van der Waals surface area contributed by atoms with Gasteiger partial charge in [-0.1, -0.05) is 19.1 Å². The van der Waals surface area contributed by atoms with E-state index in [0.717, 1.165) is 6.42 Å². The van der Waals surface area contributed by atoms with Crippen LogP contribution in [0, 0.1) is 5.82 Å². The Hall–Kier alpha value is -1.46. The first-order valence-corrected chi connectivity index (χ1v) is 7.03. The van der Waals surface area contributed by atoms with Crippen LogP contribution in [0.15, 0.2) is 24.3 Å². The summed E-state index contributed by atoms with van der Waals surface area (Å²) in [4.78, 5) is 13.7. The number of carbonyl (C=O) groups excluding carboxylic acids is 1. The Labute approximate surface area is 119 Å². The van der Waals surface area contributed by atoms with Crippen LogP contribution in [0.1, 0.15) is 26.2 Å². The van der Waals surface area contributed by atoms with Crippen LogP contribution in [0.5, 0.6) is 0 Å². The Morgan fingerprint density at radius 1 is 1.35 bits per heavy atom. The minimum absolute atomic E-state index is 0.139. The third kappa shape index (κ3) is 5.27. The van der Waals surface area contributed by atoms with Crippen molar-refractivity contribution in [3.05, 3.63) is 30.1 Å². The summed E-state index contributed by atoms with van der Waals surface area (Å²) in [6.45, 7) is 3.89. The van der Waals surface area contributed by atoms with Gasteiger partial charge in [0.25, 0.3) is 0 Å². The quantitative estimate of drug-likeness (QED) is 0.707.